The van der Waals surface area contributed by atoms with Gasteiger partial charge in [0.05, 0.1) is 5.52 Å². The first-order chi connectivity index (χ1) is 11.7. The van der Waals surface area contributed by atoms with Gasteiger partial charge in [-0.15, -0.1) is 0 Å². The Labute approximate surface area is 142 Å². The van der Waals surface area contributed by atoms with Gasteiger partial charge >= 0.3 is 0 Å². The minimum absolute atomic E-state index is 0.217. The van der Waals surface area contributed by atoms with E-state index < -0.39 is 0 Å². The summed E-state index contributed by atoms with van der Waals surface area (Å²) in [5.41, 5.74) is 2.12. The van der Waals surface area contributed by atoms with Crippen LogP contribution in [-0.2, 0) is 0 Å². The van der Waals surface area contributed by atoms with Gasteiger partial charge in [0, 0.05) is 29.4 Å². The average molecular weight is 320 g/mol. The van der Waals surface area contributed by atoms with E-state index in [1.165, 1.54) is 28.5 Å². The van der Waals surface area contributed by atoms with Gasteiger partial charge in [0.15, 0.2) is 0 Å². The summed E-state index contributed by atoms with van der Waals surface area (Å²) in [7, 11) is 0. The topological polar surface area (TPSA) is 25.8 Å². The second kappa shape index (κ2) is 8.73. The van der Waals surface area contributed by atoms with Crippen LogP contribution in [0, 0.1) is 12.7 Å². The zero-order valence-corrected chi connectivity index (χ0v) is 14.2. The van der Waals surface area contributed by atoms with Crippen LogP contribution in [0.1, 0.15) is 19.4 Å². The van der Waals surface area contributed by atoms with Crippen LogP contribution < -0.4 is 0 Å². The maximum atomic E-state index is 12.6. The quantitative estimate of drug-likeness (QED) is 0.400. The van der Waals surface area contributed by atoms with E-state index in [1.54, 1.807) is 18.3 Å². The molecule has 4 rings (SSSR count). The number of hydrogen-bond acceptors (Lipinski definition) is 2. The molecule has 0 aliphatic heterocycles. The zero-order valence-electron chi connectivity index (χ0n) is 14.2. The summed E-state index contributed by atoms with van der Waals surface area (Å²) < 4.78 is 12.6. The molecule has 0 unspecified atom stereocenters. The van der Waals surface area contributed by atoms with Gasteiger partial charge in [0.1, 0.15) is 5.82 Å². The van der Waals surface area contributed by atoms with Crippen LogP contribution in [0.2, 0.25) is 0 Å². The molecule has 0 spiro atoms. The molecule has 0 aliphatic rings. The Bertz CT molecular complexity index is 842. The van der Waals surface area contributed by atoms with Crippen LogP contribution in [0.4, 0.5) is 4.39 Å². The summed E-state index contributed by atoms with van der Waals surface area (Å²) in [6, 6.07) is 16.6. The Balaban J connectivity index is 0.000000158. The van der Waals surface area contributed by atoms with E-state index >= 15 is 0 Å². The number of aryl methyl sites for hydroxylation is 1. The molecule has 24 heavy (non-hydrogen) atoms. The summed E-state index contributed by atoms with van der Waals surface area (Å²) in [6.07, 6.45) is 5.40. The molecule has 3 heteroatoms. The maximum Gasteiger partial charge on any atom is 0.123 e. The molecule has 2 nitrogen and oxygen atoms in total. The van der Waals surface area contributed by atoms with Crippen molar-refractivity contribution in [2.75, 3.05) is 0 Å². The first-order valence-electron chi connectivity index (χ1n) is 8.03. The van der Waals surface area contributed by atoms with Crippen LogP contribution in [0.5, 0.6) is 0 Å². The fraction of sp³-hybridized carbons (Fsp3) is 0.143. The lowest BCUT2D eigenvalue weighted by Gasteiger charge is -1.96. The molecule has 2 heterocycles. The van der Waals surface area contributed by atoms with Crippen molar-refractivity contribution in [2.24, 2.45) is 0 Å². The van der Waals surface area contributed by atoms with Crippen LogP contribution >= 0.6 is 0 Å². The molecule has 2 aromatic carbocycles. The van der Waals surface area contributed by atoms with Gasteiger partial charge < -0.3 is 0 Å². The molecule has 0 saturated carbocycles. The molecular weight excluding hydrogens is 299 g/mol. The highest BCUT2D eigenvalue weighted by molar-refractivity contribution is 5.81. The zero-order chi connectivity index (χ0) is 17.4. The molecule has 0 radical (unpaired) electrons. The monoisotopic (exact) mass is 320 g/mol. The molecule has 0 bridgehead atoms. The van der Waals surface area contributed by atoms with Crippen LogP contribution in [0.15, 0.2) is 73.2 Å². The normalized spacial score (nSPS) is 9.67. The highest BCUT2D eigenvalue weighted by Crippen LogP contribution is 2.13. The fourth-order valence-corrected chi connectivity index (χ4v) is 2.25. The van der Waals surface area contributed by atoms with Gasteiger partial charge in [0.25, 0.3) is 0 Å². The minimum Gasteiger partial charge on any atom is -0.264 e. The van der Waals surface area contributed by atoms with E-state index in [2.05, 4.69) is 35.1 Å². The lowest BCUT2D eigenvalue weighted by molar-refractivity contribution is 0.629. The Morgan fingerprint density at radius 1 is 0.792 bits per heavy atom. The molecular formula is C21H21FN2. The summed E-state index contributed by atoms with van der Waals surface area (Å²) in [5.74, 6) is -0.217. The molecule has 0 N–H and O–H groups in total. The lowest BCUT2D eigenvalue weighted by Crippen LogP contribution is -1.78. The third-order valence-corrected chi connectivity index (χ3v) is 3.36. The first kappa shape index (κ1) is 17.5. The number of fused-ring (bicyclic) bond motifs is 2. The van der Waals surface area contributed by atoms with Crippen molar-refractivity contribution < 1.29 is 4.39 Å². The molecule has 4 aromatic rings. The maximum absolute atomic E-state index is 12.6. The molecule has 0 aliphatic carbocycles. The van der Waals surface area contributed by atoms with E-state index in [0.29, 0.717) is 0 Å². The van der Waals surface area contributed by atoms with Crippen LogP contribution in [-0.4, -0.2) is 9.97 Å². The second-order valence-corrected chi connectivity index (χ2v) is 5.07. The molecule has 0 amide bonds. The highest BCUT2D eigenvalue weighted by Gasteiger charge is 1.93. The van der Waals surface area contributed by atoms with E-state index in [1.807, 2.05) is 38.4 Å². The number of halogens is 1. The average Bonchev–Trinajstić information content (AvgIpc) is 2.64. The Kier molecular flexibility index (Phi) is 6.38. The summed E-state index contributed by atoms with van der Waals surface area (Å²) in [6.45, 7) is 6.10. The number of nitrogens with zero attached hydrogens (tertiary/aromatic N) is 2. The van der Waals surface area contributed by atoms with E-state index in [9.17, 15) is 4.39 Å². The Morgan fingerprint density at radius 2 is 1.62 bits per heavy atom. The first-order valence-corrected chi connectivity index (χ1v) is 8.03. The number of benzene rings is 2. The van der Waals surface area contributed by atoms with Crippen molar-refractivity contribution >= 4 is 21.7 Å². The number of hydrogen-bond donors (Lipinski definition) is 0. The third-order valence-electron chi connectivity index (χ3n) is 3.36. The predicted octanol–water partition coefficient (Wildman–Crippen LogP) is 5.94. The van der Waals surface area contributed by atoms with Gasteiger partial charge in [0.2, 0.25) is 0 Å². The van der Waals surface area contributed by atoms with Crippen molar-refractivity contribution in [1.29, 1.82) is 0 Å². The molecule has 0 fully saturated rings. The third kappa shape index (κ3) is 4.59. The van der Waals surface area contributed by atoms with Crippen LogP contribution in [0.3, 0.4) is 0 Å². The second-order valence-electron chi connectivity index (χ2n) is 5.07. The van der Waals surface area contributed by atoms with Gasteiger partial charge in [-0.25, -0.2) is 4.39 Å². The standard InChI is InChI=1S/C10H9N.C9H6FN.C2H6/c1-8-2-3-10-7-11-5-4-9(10)6-8;10-8-3-4-9-7(6-8)2-1-5-11-9;1-2/h2-7H,1H3;1-6H;1-2H3. The molecule has 2 aromatic heterocycles. The smallest absolute Gasteiger partial charge is 0.123 e. The fourth-order valence-electron chi connectivity index (χ4n) is 2.25. The Morgan fingerprint density at radius 3 is 2.46 bits per heavy atom. The molecule has 0 saturated heterocycles. The summed E-state index contributed by atoms with van der Waals surface area (Å²) >= 11 is 0. The predicted molar refractivity (Wildman–Crippen MR) is 99.5 cm³/mol. The molecule has 0 atom stereocenters. The minimum atomic E-state index is -0.217. The van der Waals surface area contributed by atoms with Gasteiger partial charge in [-0.2, -0.15) is 0 Å². The van der Waals surface area contributed by atoms with Crippen molar-refractivity contribution in [3.05, 3.63) is 84.6 Å². The summed E-state index contributed by atoms with van der Waals surface area (Å²) in [4.78, 5) is 8.10. The van der Waals surface area contributed by atoms with Crippen LogP contribution in [0.25, 0.3) is 21.7 Å². The van der Waals surface area contributed by atoms with Crippen molar-refractivity contribution in [3.8, 4) is 0 Å². The van der Waals surface area contributed by atoms with Crippen molar-refractivity contribution in [2.45, 2.75) is 20.8 Å². The van der Waals surface area contributed by atoms with Crippen molar-refractivity contribution in [1.82, 2.24) is 9.97 Å². The lowest BCUT2D eigenvalue weighted by atomic mass is 10.1. The largest absolute Gasteiger partial charge is 0.264 e. The summed E-state index contributed by atoms with van der Waals surface area (Å²) in [5, 5.41) is 3.31. The number of aromatic nitrogens is 2. The van der Waals surface area contributed by atoms with Gasteiger partial charge in [-0.1, -0.05) is 43.7 Å². The number of rotatable bonds is 0. The highest BCUT2D eigenvalue weighted by atomic mass is 19.1. The Hall–Kier alpha value is -2.81. The molecule has 122 valence electrons. The van der Waals surface area contributed by atoms with E-state index in [4.69, 9.17) is 0 Å². The SMILES string of the molecule is CC.Cc1ccc2cnccc2c1.Fc1ccc2ncccc2c1. The van der Waals surface area contributed by atoms with E-state index in [-0.39, 0.29) is 5.82 Å². The number of pyridine rings is 2. The van der Waals surface area contributed by atoms with Gasteiger partial charge in [-0.05, 0) is 42.6 Å². The van der Waals surface area contributed by atoms with E-state index in [0.717, 1.165) is 10.9 Å². The van der Waals surface area contributed by atoms with Crippen molar-refractivity contribution in [3.63, 3.8) is 0 Å². The van der Waals surface area contributed by atoms with Gasteiger partial charge in [-0.3, -0.25) is 9.97 Å².